The molecule has 0 aliphatic carbocycles. The number of carbonyl (C=O) groups excluding carboxylic acids is 1. The number of rotatable bonds is 6. The lowest BCUT2D eigenvalue weighted by atomic mass is 10.1. The van der Waals surface area contributed by atoms with Gasteiger partial charge < -0.3 is 9.88 Å². The zero-order valence-corrected chi connectivity index (χ0v) is 18.0. The van der Waals surface area contributed by atoms with Crippen LogP contribution in [0, 0.1) is 13.8 Å². The molecule has 1 atom stereocenters. The van der Waals surface area contributed by atoms with Crippen molar-refractivity contribution in [1.29, 1.82) is 0 Å². The van der Waals surface area contributed by atoms with Gasteiger partial charge in [-0.2, -0.15) is 0 Å². The van der Waals surface area contributed by atoms with E-state index in [1.54, 1.807) is 18.0 Å². The fraction of sp³-hybridized carbons (Fsp3) is 0.238. The summed E-state index contributed by atoms with van der Waals surface area (Å²) in [5, 5.41) is 3.14. The predicted molar refractivity (Wildman–Crippen MR) is 114 cm³/mol. The number of thioether (sulfide) groups is 1. The van der Waals surface area contributed by atoms with Crippen molar-refractivity contribution in [3.05, 3.63) is 81.8 Å². The van der Waals surface area contributed by atoms with E-state index in [1.807, 2.05) is 48.1 Å². The van der Waals surface area contributed by atoms with Crippen LogP contribution < -0.4 is 5.32 Å². The Balaban J connectivity index is 1.74. The maximum atomic E-state index is 12.7. The number of aryl methyl sites for hydroxylation is 3. The van der Waals surface area contributed by atoms with Crippen molar-refractivity contribution >= 4 is 33.6 Å². The van der Waals surface area contributed by atoms with Crippen molar-refractivity contribution in [1.82, 2.24) is 14.9 Å². The van der Waals surface area contributed by atoms with E-state index in [0.717, 1.165) is 26.3 Å². The van der Waals surface area contributed by atoms with Gasteiger partial charge in [0.05, 0.1) is 5.75 Å². The van der Waals surface area contributed by atoms with E-state index in [-0.39, 0.29) is 11.9 Å². The number of hydrogen-bond donors (Lipinski definition) is 1. The fourth-order valence-corrected chi connectivity index (χ4v) is 4.23. The Hall–Kier alpha value is -2.05. The average Bonchev–Trinajstić information content (AvgIpc) is 3.08. The third kappa shape index (κ3) is 4.82. The number of nitrogens with zero attached hydrogens (tertiary/aromatic N) is 2. The Morgan fingerprint density at radius 2 is 1.96 bits per heavy atom. The Bertz CT molecular complexity index is 940. The van der Waals surface area contributed by atoms with Crippen LogP contribution in [-0.2, 0) is 11.8 Å². The van der Waals surface area contributed by atoms with E-state index in [4.69, 9.17) is 0 Å². The molecule has 1 aromatic heterocycles. The Labute approximate surface area is 172 Å². The molecule has 0 bridgehead atoms. The quantitative estimate of drug-likeness (QED) is 0.556. The Morgan fingerprint density at radius 3 is 2.63 bits per heavy atom. The van der Waals surface area contributed by atoms with Crippen LogP contribution in [0.5, 0.6) is 0 Å². The zero-order chi connectivity index (χ0) is 19.4. The third-order valence-corrected chi connectivity index (χ3v) is 6.38. The van der Waals surface area contributed by atoms with Gasteiger partial charge in [0.15, 0.2) is 0 Å². The van der Waals surface area contributed by atoms with E-state index in [2.05, 4.69) is 52.2 Å². The van der Waals surface area contributed by atoms with Crippen LogP contribution in [0.4, 0.5) is 0 Å². The fourth-order valence-electron chi connectivity index (χ4n) is 2.85. The lowest BCUT2D eigenvalue weighted by Crippen LogP contribution is -2.32. The van der Waals surface area contributed by atoms with Crippen molar-refractivity contribution in [3.8, 4) is 0 Å². The smallest absolute Gasteiger partial charge is 0.231 e. The highest BCUT2D eigenvalue weighted by Gasteiger charge is 2.20. The molecule has 4 nitrogen and oxygen atoms in total. The van der Waals surface area contributed by atoms with Crippen LogP contribution in [0.15, 0.2) is 64.2 Å². The second-order valence-corrected chi connectivity index (χ2v) is 8.33. The van der Waals surface area contributed by atoms with E-state index in [1.165, 1.54) is 5.56 Å². The predicted octanol–water partition coefficient (Wildman–Crippen LogP) is 4.80. The molecule has 0 spiro atoms. The number of nitrogens with one attached hydrogen (secondary N) is 1. The van der Waals surface area contributed by atoms with Gasteiger partial charge in [0.25, 0.3) is 0 Å². The number of hydrogen-bond acceptors (Lipinski definition) is 3. The Kier molecular flexibility index (Phi) is 6.39. The second-order valence-electron chi connectivity index (χ2n) is 6.46. The van der Waals surface area contributed by atoms with Crippen molar-refractivity contribution < 1.29 is 4.79 Å². The molecular formula is C21H22BrN3OS. The molecule has 3 aromatic rings. The number of imidazole rings is 1. The molecule has 0 radical (unpaired) electrons. The van der Waals surface area contributed by atoms with Crippen molar-refractivity contribution in [2.24, 2.45) is 7.05 Å². The van der Waals surface area contributed by atoms with Crippen LogP contribution in [0.3, 0.4) is 0 Å². The standard InChI is InChI=1S/C21H22BrN3OS/c1-14-12-18(15(2)11-17(14)22)27-13-19(26)24-20(16-7-5-4-6-8-16)21-23-9-10-25(21)3/h4-12,20H,13H2,1-3H3,(H,24,26). The first kappa shape index (κ1) is 19.7. The summed E-state index contributed by atoms with van der Waals surface area (Å²) in [7, 11) is 1.94. The van der Waals surface area contributed by atoms with E-state index in [0.29, 0.717) is 5.75 Å². The molecule has 1 amide bonds. The molecule has 0 saturated heterocycles. The first-order valence-corrected chi connectivity index (χ1v) is 10.4. The average molecular weight is 444 g/mol. The van der Waals surface area contributed by atoms with Crippen molar-refractivity contribution in [2.75, 3.05) is 5.75 Å². The van der Waals surface area contributed by atoms with Gasteiger partial charge in [0, 0.05) is 28.8 Å². The second kappa shape index (κ2) is 8.76. The number of benzene rings is 2. The Morgan fingerprint density at radius 1 is 1.22 bits per heavy atom. The molecular weight excluding hydrogens is 422 g/mol. The van der Waals surface area contributed by atoms with Gasteiger partial charge >= 0.3 is 0 Å². The van der Waals surface area contributed by atoms with E-state index in [9.17, 15) is 4.79 Å². The molecule has 3 rings (SSSR count). The minimum Gasteiger partial charge on any atom is -0.341 e. The van der Waals surface area contributed by atoms with Crippen molar-refractivity contribution in [2.45, 2.75) is 24.8 Å². The molecule has 0 fully saturated rings. The van der Waals surface area contributed by atoms with E-state index >= 15 is 0 Å². The molecule has 0 saturated carbocycles. The molecule has 0 aliphatic rings. The molecule has 27 heavy (non-hydrogen) atoms. The minimum absolute atomic E-state index is 0.0168. The number of amides is 1. The first-order chi connectivity index (χ1) is 13.0. The monoisotopic (exact) mass is 443 g/mol. The molecule has 0 aliphatic heterocycles. The molecule has 2 aromatic carbocycles. The summed E-state index contributed by atoms with van der Waals surface area (Å²) in [5.41, 5.74) is 3.34. The van der Waals surface area contributed by atoms with Crippen molar-refractivity contribution in [3.63, 3.8) is 0 Å². The number of halogens is 1. The first-order valence-electron chi connectivity index (χ1n) is 8.67. The largest absolute Gasteiger partial charge is 0.341 e. The van der Waals surface area contributed by atoms with E-state index < -0.39 is 0 Å². The SMILES string of the molecule is Cc1cc(SCC(=O)NC(c2ccccc2)c2nccn2C)c(C)cc1Br. The van der Waals surface area contributed by atoms with Crippen LogP contribution in [0.1, 0.15) is 28.6 Å². The summed E-state index contributed by atoms with van der Waals surface area (Å²) in [4.78, 5) is 18.3. The summed E-state index contributed by atoms with van der Waals surface area (Å²) in [6, 6.07) is 13.9. The van der Waals surface area contributed by atoms with Crippen LogP contribution in [-0.4, -0.2) is 21.2 Å². The van der Waals surface area contributed by atoms with Crippen LogP contribution in [0.2, 0.25) is 0 Å². The lowest BCUT2D eigenvalue weighted by molar-refractivity contribution is -0.119. The molecule has 1 N–H and O–H groups in total. The summed E-state index contributed by atoms with van der Waals surface area (Å²) >= 11 is 5.11. The van der Waals surface area contributed by atoms with Gasteiger partial charge in [-0.05, 0) is 42.7 Å². The zero-order valence-electron chi connectivity index (χ0n) is 15.6. The van der Waals surface area contributed by atoms with Gasteiger partial charge in [-0.1, -0.05) is 46.3 Å². The summed E-state index contributed by atoms with van der Waals surface area (Å²) in [5.74, 6) is 1.16. The van der Waals surface area contributed by atoms with Gasteiger partial charge in [-0.15, -0.1) is 11.8 Å². The number of carbonyl (C=O) groups is 1. The van der Waals surface area contributed by atoms with Crippen LogP contribution in [0.25, 0.3) is 0 Å². The highest BCUT2D eigenvalue weighted by atomic mass is 79.9. The topological polar surface area (TPSA) is 46.9 Å². The maximum Gasteiger partial charge on any atom is 0.231 e. The molecule has 6 heteroatoms. The highest BCUT2D eigenvalue weighted by Crippen LogP contribution is 2.28. The summed E-state index contributed by atoms with van der Waals surface area (Å²) in [6.45, 7) is 4.12. The molecule has 1 heterocycles. The molecule has 1 unspecified atom stereocenters. The van der Waals surface area contributed by atoms with Gasteiger partial charge in [-0.3, -0.25) is 4.79 Å². The highest BCUT2D eigenvalue weighted by molar-refractivity contribution is 9.10. The van der Waals surface area contributed by atoms with Gasteiger partial charge in [0.1, 0.15) is 11.9 Å². The molecule has 140 valence electrons. The lowest BCUT2D eigenvalue weighted by Gasteiger charge is -2.19. The minimum atomic E-state index is -0.271. The normalized spacial score (nSPS) is 12.0. The van der Waals surface area contributed by atoms with Crippen LogP contribution >= 0.6 is 27.7 Å². The summed E-state index contributed by atoms with van der Waals surface area (Å²) < 4.78 is 3.03. The summed E-state index contributed by atoms with van der Waals surface area (Å²) in [6.07, 6.45) is 3.64. The van der Waals surface area contributed by atoms with Gasteiger partial charge in [0.2, 0.25) is 5.91 Å². The third-order valence-electron chi connectivity index (χ3n) is 4.37. The maximum absolute atomic E-state index is 12.7. The van der Waals surface area contributed by atoms with Gasteiger partial charge in [-0.25, -0.2) is 4.98 Å². The number of aromatic nitrogens is 2.